The van der Waals surface area contributed by atoms with Gasteiger partial charge in [-0.1, -0.05) is 25.2 Å². The van der Waals surface area contributed by atoms with Gasteiger partial charge in [0.05, 0.1) is 0 Å². The van der Waals surface area contributed by atoms with Crippen LogP contribution in [-0.2, 0) is 0 Å². The number of aromatic nitrogens is 2. The molecule has 1 aromatic rings. The fraction of sp³-hybridized carbons (Fsp3) is 0.786. The Morgan fingerprint density at radius 2 is 1.73 bits per heavy atom. The van der Waals surface area contributed by atoms with E-state index in [1.165, 1.54) is 11.3 Å². The van der Waals surface area contributed by atoms with Crippen molar-refractivity contribution in [1.29, 1.82) is 0 Å². The third-order valence-electron chi connectivity index (χ3n) is 4.31. The van der Waals surface area contributed by atoms with Crippen molar-refractivity contribution in [2.24, 2.45) is 0 Å². The van der Waals surface area contributed by atoms with Crippen LogP contribution >= 0.6 is 11.3 Å². The molecule has 0 unspecified atom stereocenters. The van der Waals surface area contributed by atoms with Crippen LogP contribution in [0.15, 0.2) is 0 Å². The molecule has 2 aliphatic rings. The van der Waals surface area contributed by atoms with Gasteiger partial charge in [0, 0.05) is 45.8 Å². The molecule has 2 saturated heterocycles. The lowest BCUT2D eigenvalue weighted by molar-refractivity contribution is 0.220. The molecule has 2 aliphatic heterocycles. The molecule has 122 valence electrons. The van der Waals surface area contributed by atoms with Gasteiger partial charge in [0.15, 0.2) is 0 Å². The number of carbonyl (C=O) groups excluding carboxylic acids is 1. The van der Waals surface area contributed by atoms with Crippen LogP contribution in [0.4, 0.5) is 15.1 Å². The standard InChI is InChI=1S/C14H24N6OS/c1-3-5-19-10-11-20(14(19)21)13-16-15-12(22-13)18-8-6-17(4-2)7-9-18/h3-11H2,1-2H3. The first-order chi connectivity index (χ1) is 10.7. The maximum Gasteiger partial charge on any atom is 0.326 e. The van der Waals surface area contributed by atoms with Crippen molar-refractivity contribution in [3.8, 4) is 0 Å². The molecular weight excluding hydrogens is 300 g/mol. The Labute approximate surface area is 135 Å². The van der Waals surface area contributed by atoms with Gasteiger partial charge < -0.3 is 14.7 Å². The number of nitrogens with zero attached hydrogens (tertiary/aromatic N) is 6. The second-order valence-corrected chi connectivity index (χ2v) is 6.64. The van der Waals surface area contributed by atoms with Crippen LogP contribution in [-0.4, -0.2) is 78.4 Å². The van der Waals surface area contributed by atoms with Gasteiger partial charge in [0.2, 0.25) is 10.3 Å². The lowest BCUT2D eigenvalue weighted by Gasteiger charge is -2.33. The fourth-order valence-electron chi connectivity index (χ4n) is 2.94. The monoisotopic (exact) mass is 324 g/mol. The van der Waals surface area contributed by atoms with E-state index in [2.05, 4.69) is 33.8 Å². The number of carbonyl (C=O) groups is 1. The summed E-state index contributed by atoms with van der Waals surface area (Å²) in [6, 6.07) is 0.0698. The number of likely N-dealkylation sites (N-methyl/N-ethyl adjacent to an activating group) is 1. The molecule has 0 radical (unpaired) electrons. The maximum absolute atomic E-state index is 12.3. The first-order valence-electron chi connectivity index (χ1n) is 8.10. The van der Waals surface area contributed by atoms with Gasteiger partial charge in [0.25, 0.3) is 0 Å². The number of rotatable bonds is 5. The van der Waals surface area contributed by atoms with E-state index in [1.54, 1.807) is 4.90 Å². The first-order valence-corrected chi connectivity index (χ1v) is 8.91. The lowest BCUT2D eigenvalue weighted by atomic mass is 10.3. The van der Waals surface area contributed by atoms with Gasteiger partial charge in [-0.25, -0.2) is 4.79 Å². The number of amides is 2. The predicted octanol–water partition coefficient (Wildman–Crippen LogP) is 1.33. The van der Waals surface area contributed by atoms with Crippen molar-refractivity contribution < 1.29 is 4.79 Å². The molecule has 0 saturated carbocycles. The molecule has 7 nitrogen and oxygen atoms in total. The van der Waals surface area contributed by atoms with Gasteiger partial charge >= 0.3 is 6.03 Å². The van der Waals surface area contributed by atoms with E-state index in [-0.39, 0.29) is 6.03 Å². The van der Waals surface area contributed by atoms with Crippen LogP contribution < -0.4 is 9.80 Å². The minimum Gasteiger partial charge on any atom is -0.344 e. The quantitative estimate of drug-likeness (QED) is 0.818. The molecule has 22 heavy (non-hydrogen) atoms. The summed E-state index contributed by atoms with van der Waals surface area (Å²) in [5, 5.41) is 10.2. The minimum atomic E-state index is 0.0698. The topological polar surface area (TPSA) is 55.8 Å². The van der Waals surface area contributed by atoms with Gasteiger partial charge in [-0.05, 0) is 13.0 Å². The highest BCUT2D eigenvalue weighted by molar-refractivity contribution is 7.19. The summed E-state index contributed by atoms with van der Waals surface area (Å²) in [4.78, 5) is 20.7. The van der Waals surface area contributed by atoms with E-state index in [0.29, 0.717) is 0 Å². The number of hydrogen-bond acceptors (Lipinski definition) is 6. The number of hydrogen-bond donors (Lipinski definition) is 0. The predicted molar refractivity (Wildman–Crippen MR) is 88.8 cm³/mol. The van der Waals surface area contributed by atoms with E-state index >= 15 is 0 Å². The summed E-state index contributed by atoms with van der Waals surface area (Å²) < 4.78 is 0. The van der Waals surface area contributed by atoms with E-state index in [0.717, 1.165) is 69.0 Å². The van der Waals surface area contributed by atoms with Crippen molar-refractivity contribution in [1.82, 2.24) is 20.0 Å². The maximum atomic E-state index is 12.3. The third kappa shape index (κ3) is 3.03. The molecular formula is C14H24N6OS. The first kappa shape index (κ1) is 15.5. The highest BCUT2D eigenvalue weighted by Gasteiger charge is 2.31. The molecule has 0 aromatic carbocycles. The average molecular weight is 324 g/mol. The Morgan fingerprint density at radius 1 is 1.00 bits per heavy atom. The normalized spacial score (nSPS) is 20.3. The Morgan fingerprint density at radius 3 is 2.41 bits per heavy atom. The zero-order valence-corrected chi connectivity index (χ0v) is 14.2. The van der Waals surface area contributed by atoms with Crippen molar-refractivity contribution >= 4 is 27.6 Å². The number of urea groups is 1. The molecule has 3 heterocycles. The van der Waals surface area contributed by atoms with Crippen molar-refractivity contribution in [3.05, 3.63) is 0 Å². The summed E-state index contributed by atoms with van der Waals surface area (Å²) in [5.41, 5.74) is 0. The van der Waals surface area contributed by atoms with Crippen molar-refractivity contribution in [2.75, 3.05) is 62.2 Å². The molecule has 2 fully saturated rings. The van der Waals surface area contributed by atoms with E-state index in [1.807, 2.05) is 4.90 Å². The Kier molecular flexibility index (Phi) is 4.77. The fourth-order valence-corrected chi connectivity index (χ4v) is 3.86. The van der Waals surface area contributed by atoms with Gasteiger partial charge in [-0.15, -0.1) is 10.2 Å². The van der Waals surface area contributed by atoms with E-state index in [9.17, 15) is 4.79 Å². The van der Waals surface area contributed by atoms with E-state index in [4.69, 9.17) is 0 Å². The molecule has 0 bridgehead atoms. The number of piperazine rings is 1. The second-order valence-electron chi connectivity index (χ2n) is 5.71. The second kappa shape index (κ2) is 6.78. The summed E-state index contributed by atoms with van der Waals surface area (Å²) in [7, 11) is 0. The lowest BCUT2D eigenvalue weighted by Crippen LogP contribution is -2.46. The van der Waals surface area contributed by atoms with Crippen molar-refractivity contribution in [3.63, 3.8) is 0 Å². The molecule has 0 atom stereocenters. The molecule has 0 spiro atoms. The largest absolute Gasteiger partial charge is 0.344 e. The van der Waals surface area contributed by atoms with Crippen LogP contribution in [0.5, 0.6) is 0 Å². The molecule has 2 amide bonds. The Balaban J connectivity index is 1.63. The van der Waals surface area contributed by atoms with Crippen LogP contribution in [0.1, 0.15) is 20.3 Å². The van der Waals surface area contributed by atoms with Crippen LogP contribution in [0.2, 0.25) is 0 Å². The summed E-state index contributed by atoms with van der Waals surface area (Å²) in [6.45, 7) is 11.8. The SMILES string of the molecule is CCCN1CCN(c2nnc(N3CCN(CC)CC3)s2)C1=O. The van der Waals surface area contributed by atoms with Crippen LogP contribution in [0.25, 0.3) is 0 Å². The highest BCUT2D eigenvalue weighted by atomic mass is 32.1. The summed E-state index contributed by atoms with van der Waals surface area (Å²) in [5.74, 6) is 0. The highest BCUT2D eigenvalue weighted by Crippen LogP contribution is 2.30. The Hall–Kier alpha value is -1.41. The summed E-state index contributed by atoms with van der Waals surface area (Å²) >= 11 is 1.53. The van der Waals surface area contributed by atoms with Gasteiger partial charge in [-0.3, -0.25) is 4.90 Å². The zero-order valence-electron chi connectivity index (χ0n) is 13.4. The smallest absolute Gasteiger partial charge is 0.326 e. The zero-order chi connectivity index (χ0) is 15.5. The van der Waals surface area contributed by atoms with Crippen molar-refractivity contribution in [2.45, 2.75) is 20.3 Å². The minimum absolute atomic E-state index is 0.0698. The molecule has 3 rings (SSSR count). The molecule has 1 aromatic heterocycles. The summed E-state index contributed by atoms with van der Waals surface area (Å²) in [6.07, 6.45) is 0.989. The average Bonchev–Trinajstić information content (AvgIpc) is 3.16. The Bertz CT molecular complexity index is 513. The third-order valence-corrected chi connectivity index (χ3v) is 5.32. The van der Waals surface area contributed by atoms with Gasteiger partial charge in [0.1, 0.15) is 0 Å². The van der Waals surface area contributed by atoms with Gasteiger partial charge in [-0.2, -0.15) is 0 Å². The number of anilines is 2. The molecule has 8 heteroatoms. The molecule has 0 N–H and O–H groups in total. The van der Waals surface area contributed by atoms with E-state index < -0.39 is 0 Å². The molecule has 0 aliphatic carbocycles. The van der Waals surface area contributed by atoms with Crippen LogP contribution in [0.3, 0.4) is 0 Å². The van der Waals surface area contributed by atoms with Crippen LogP contribution in [0, 0.1) is 0 Å².